The summed E-state index contributed by atoms with van der Waals surface area (Å²) in [4.78, 5) is 27.7. The third-order valence-electron chi connectivity index (χ3n) is 4.77. The highest BCUT2D eigenvalue weighted by atomic mass is 16.5. The summed E-state index contributed by atoms with van der Waals surface area (Å²) >= 11 is 0. The van der Waals surface area contributed by atoms with Gasteiger partial charge in [-0.25, -0.2) is 0 Å². The summed E-state index contributed by atoms with van der Waals surface area (Å²) in [6, 6.07) is 17.1. The quantitative estimate of drug-likeness (QED) is 0.661. The highest BCUT2D eigenvalue weighted by Crippen LogP contribution is 2.18. The second-order valence-electron chi connectivity index (χ2n) is 7.45. The van der Waals surface area contributed by atoms with Crippen molar-refractivity contribution in [2.24, 2.45) is 0 Å². The average Bonchev–Trinajstić information content (AvgIpc) is 2.72. The number of ether oxygens (including phenoxy) is 1. The maximum Gasteiger partial charge on any atom is 0.243 e. The van der Waals surface area contributed by atoms with E-state index in [0.717, 1.165) is 16.9 Å². The molecule has 1 unspecified atom stereocenters. The number of benzene rings is 2. The Morgan fingerprint density at radius 1 is 1.03 bits per heavy atom. The molecule has 2 rings (SSSR count). The molecule has 0 aliphatic carbocycles. The van der Waals surface area contributed by atoms with E-state index in [1.165, 1.54) is 0 Å². The molecule has 0 radical (unpaired) electrons. The van der Waals surface area contributed by atoms with Gasteiger partial charge in [-0.05, 0) is 49.9 Å². The van der Waals surface area contributed by atoms with Crippen LogP contribution in [0.1, 0.15) is 44.7 Å². The van der Waals surface area contributed by atoms with Crippen LogP contribution in [0.25, 0.3) is 0 Å². The summed E-state index contributed by atoms with van der Waals surface area (Å²) in [6.45, 7) is 6.16. The van der Waals surface area contributed by atoms with Crippen LogP contribution in [0.15, 0.2) is 54.6 Å². The number of carbonyl (C=O) groups is 2. The monoisotopic (exact) mass is 396 g/mol. The molecule has 2 aromatic carbocycles. The first-order valence-electron chi connectivity index (χ1n) is 10.2. The molecule has 0 aliphatic rings. The SMILES string of the molecule is CCC(C(=O)NC(C)C)N(Cc1cccc(OC)c1)C(=O)CCc1ccccc1. The number of methoxy groups -OCH3 is 1. The predicted molar refractivity (Wildman–Crippen MR) is 116 cm³/mol. The Labute approximate surface area is 174 Å². The molecular weight excluding hydrogens is 364 g/mol. The van der Waals surface area contributed by atoms with E-state index in [1.54, 1.807) is 12.0 Å². The fraction of sp³-hybridized carbons (Fsp3) is 0.417. The molecule has 0 heterocycles. The molecule has 156 valence electrons. The maximum absolute atomic E-state index is 13.2. The Morgan fingerprint density at radius 3 is 2.34 bits per heavy atom. The largest absolute Gasteiger partial charge is 0.497 e. The van der Waals surface area contributed by atoms with Gasteiger partial charge in [-0.15, -0.1) is 0 Å². The van der Waals surface area contributed by atoms with Gasteiger partial charge in [0.15, 0.2) is 0 Å². The maximum atomic E-state index is 13.2. The van der Waals surface area contributed by atoms with Crippen molar-refractivity contribution < 1.29 is 14.3 Å². The highest BCUT2D eigenvalue weighted by molar-refractivity contribution is 5.87. The summed E-state index contributed by atoms with van der Waals surface area (Å²) in [5.74, 6) is 0.597. The summed E-state index contributed by atoms with van der Waals surface area (Å²) < 4.78 is 5.31. The molecule has 2 aromatic rings. The van der Waals surface area contributed by atoms with Crippen LogP contribution in [0.4, 0.5) is 0 Å². The third-order valence-corrected chi connectivity index (χ3v) is 4.77. The van der Waals surface area contributed by atoms with Crippen LogP contribution in [0.3, 0.4) is 0 Å². The van der Waals surface area contributed by atoms with Crippen LogP contribution in [0.5, 0.6) is 5.75 Å². The molecule has 1 atom stereocenters. The molecule has 0 fully saturated rings. The summed E-state index contributed by atoms with van der Waals surface area (Å²) in [5, 5.41) is 2.95. The standard InChI is InChI=1S/C24H32N2O3/c1-5-22(24(28)25-18(2)3)26(17-20-12-9-13-21(16-20)29-4)23(27)15-14-19-10-7-6-8-11-19/h6-13,16,18,22H,5,14-15,17H2,1-4H3,(H,25,28). The first kappa shape index (κ1) is 22.5. The van der Waals surface area contributed by atoms with Crippen LogP contribution in [-0.4, -0.2) is 35.9 Å². The lowest BCUT2D eigenvalue weighted by Gasteiger charge is -2.31. The first-order valence-corrected chi connectivity index (χ1v) is 10.2. The van der Waals surface area contributed by atoms with Gasteiger partial charge in [-0.2, -0.15) is 0 Å². The third kappa shape index (κ3) is 6.93. The van der Waals surface area contributed by atoms with Crippen molar-refractivity contribution in [3.63, 3.8) is 0 Å². The second-order valence-corrected chi connectivity index (χ2v) is 7.45. The molecule has 0 saturated carbocycles. The van der Waals surface area contributed by atoms with Gasteiger partial charge >= 0.3 is 0 Å². The van der Waals surface area contributed by atoms with Gasteiger partial charge < -0.3 is 15.0 Å². The van der Waals surface area contributed by atoms with E-state index in [1.807, 2.05) is 75.4 Å². The fourth-order valence-corrected chi connectivity index (χ4v) is 3.31. The fourth-order valence-electron chi connectivity index (χ4n) is 3.31. The minimum atomic E-state index is -0.508. The van der Waals surface area contributed by atoms with Crippen molar-refractivity contribution in [1.29, 1.82) is 0 Å². The molecule has 5 nitrogen and oxygen atoms in total. The number of nitrogens with zero attached hydrogens (tertiary/aromatic N) is 1. The molecule has 2 amide bonds. The second kappa shape index (κ2) is 11.2. The van der Waals surface area contributed by atoms with Crippen molar-refractivity contribution in [3.8, 4) is 5.75 Å². The number of nitrogens with one attached hydrogen (secondary N) is 1. The Morgan fingerprint density at radius 2 is 1.72 bits per heavy atom. The van der Waals surface area contributed by atoms with E-state index in [4.69, 9.17) is 4.74 Å². The zero-order chi connectivity index (χ0) is 21.2. The molecule has 0 aromatic heterocycles. The molecule has 0 spiro atoms. The zero-order valence-electron chi connectivity index (χ0n) is 17.9. The molecule has 29 heavy (non-hydrogen) atoms. The average molecular weight is 397 g/mol. The van der Waals surface area contributed by atoms with Crippen LogP contribution in [0.2, 0.25) is 0 Å². The number of aryl methyl sites for hydroxylation is 1. The predicted octanol–water partition coefficient (Wildman–Crippen LogP) is 3.96. The number of carbonyl (C=O) groups excluding carboxylic acids is 2. The Balaban J connectivity index is 2.22. The Bertz CT molecular complexity index is 790. The summed E-state index contributed by atoms with van der Waals surface area (Å²) in [5.41, 5.74) is 2.05. The molecule has 0 aliphatic heterocycles. The normalized spacial score (nSPS) is 11.8. The van der Waals surface area contributed by atoms with Gasteiger partial charge in [-0.3, -0.25) is 9.59 Å². The van der Waals surface area contributed by atoms with Gasteiger partial charge in [0.1, 0.15) is 11.8 Å². The van der Waals surface area contributed by atoms with Gasteiger partial charge in [0.2, 0.25) is 11.8 Å². The van der Waals surface area contributed by atoms with Crippen LogP contribution in [0, 0.1) is 0 Å². The lowest BCUT2D eigenvalue weighted by Crippen LogP contribution is -2.50. The van der Waals surface area contributed by atoms with Crippen molar-refractivity contribution in [3.05, 3.63) is 65.7 Å². The molecular formula is C24H32N2O3. The van der Waals surface area contributed by atoms with E-state index >= 15 is 0 Å². The topological polar surface area (TPSA) is 58.6 Å². The van der Waals surface area contributed by atoms with E-state index < -0.39 is 6.04 Å². The van der Waals surface area contributed by atoms with Crippen molar-refractivity contribution in [1.82, 2.24) is 10.2 Å². The van der Waals surface area contributed by atoms with Crippen molar-refractivity contribution >= 4 is 11.8 Å². The lowest BCUT2D eigenvalue weighted by atomic mass is 10.1. The van der Waals surface area contributed by atoms with Crippen molar-refractivity contribution in [2.75, 3.05) is 7.11 Å². The van der Waals surface area contributed by atoms with E-state index in [-0.39, 0.29) is 17.9 Å². The number of hydrogen-bond acceptors (Lipinski definition) is 3. The number of hydrogen-bond donors (Lipinski definition) is 1. The van der Waals surface area contributed by atoms with Gasteiger partial charge in [0.25, 0.3) is 0 Å². The summed E-state index contributed by atoms with van der Waals surface area (Å²) in [6.07, 6.45) is 1.57. The Hall–Kier alpha value is -2.82. The van der Waals surface area contributed by atoms with Gasteiger partial charge in [-0.1, -0.05) is 49.4 Å². The number of rotatable bonds is 10. The van der Waals surface area contributed by atoms with E-state index in [0.29, 0.717) is 25.8 Å². The molecule has 5 heteroatoms. The van der Waals surface area contributed by atoms with Crippen LogP contribution >= 0.6 is 0 Å². The number of amides is 2. The zero-order valence-corrected chi connectivity index (χ0v) is 17.9. The smallest absolute Gasteiger partial charge is 0.243 e. The highest BCUT2D eigenvalue weighted by Gasteiger charge is 2.28. The van der Waals surface area contributed by atoms with Gasteiger partial charge in [0.05, 0.1) is 7.11 Å². The Kier molecular flexibility index (Phi) is 8.71. The molecule has 0 bridgehead atoms. The lowest BCUT2D eigenvalue weighted by molar-refractivity contribution is -0.141. The minimum absolute atomic E-state index is 0.0228. The van der Waals surface area contributed by atoms with E-state index in [2.05, 4.69) is 5.32 Å². The molecule has 1 N–H and O–H groups in total. The van der Waals surface area contributed by atoms with Crippen molar-refractivity contribution in [2.45, 2.75) is 58.7 Å². The summed E-state index contributed by atoms with van der Waals surface area (Å²) in [7, 11) is 1.62. The molecule has 0 saturated heterocycles. The van der Waals surface area contributed by atoms with E-state index in [9.17, 15) is 9.59 Å². The van der Waals surface area contributed by atoms with Crippen LogP contribution < -0.4 is 10.1 Å². The first-order chi connectivity index (χ1) is 13.9. The van der Waals surface area contributed by atoms with Crippen LogP contribution in [-0.2, 0) is 22.6 Å². The minimum Gasteiger partial charge on any atom is -0.497 e. The van der Waals surface area contributed by atoms with Gasteiger partial charge in [0, 0.05) is 19.0 Å².